The summed E-state index contributed by atoms with van der Waals surface area (Å²) in [5.41, 5.74) is 9.20. The fourth-order valence-corrected chi connectivity index (χ4v) is 2.34. The fourth-order valence-electron chi connectivity index (χ4n) is 2.34. The van der Waals surface area contributed by atoms with Gasteiger partial charge in [-0.15, -0.1) is 0 Å². The number of nitrogens with one attached hydrogen (secondary N) is 1. The molecule has 0 radical (unpaired) electrons. The Morgan fingerprint density at radius 3 is 2.48 bits per heavy atom. The van der Waals surface area contributed by atoms with Gasteiger partial charge in [-0.1, -0.05) is 60.2 Å². The number of rotatable bonds is 6. The Kier molecular flexibility index (Phi) is 5.52. The first-order valence-electron chi connectivity index (χ1n) is 7.26. The smallest absolute Gasteiger partial charge is 0.224 e. The second-order valence-electron chi connectivity index (χ2n) is 5.33. The molecule has 0 bridgehead atoms. The van der Waals surface area contributed by atoms with Crippen LogP contribution in [-0.4, -0.2) is 12.5 Å². The second-order valence-corrected chi connectivity index (χ2v) is 5.33. The molecule has 0 saturated carbocycles. The van der Waals surface area contributed by atoms with Gasteiger partial charge >= 0.3 is 0 Å². The summed E-state index contributed by atoms with van der Waals surface area (Å²) < 4.78 is 0. The predicted molar refractivity (Wildman–Crippen MR) is 85.7 cm³/mol. The Labute approximate surface area is 126 Å². The first-order valence-corrected chi connectivity index (χ1v) is 7.26. The number of hydrogen-bond acceptors (Lipinski definition) is 2. The topological polar surface area (TPSA) is 55.1 Å². The number of carbonyl (C=O) groups is 1. The van der Waals surface area contributed by atoms with Crippen molar-refractivity contribution in [3.05, 3.63) is 71.3 Å². The van der Waals surface area contributed by atoms with Crippen molar-refractivity contribution in [2.75, 3.05) is 6.54 Å². The van der Waals surface area contributed by atoms with Gasteiger partial charge in [0.15, 0.2) is 0 Å². The van der Waals surface area contributed by atoms with Crippen molar-refractivity contribution in [3.63, 3.8) is 0 Å². The van der Waals surface area contributed by atoms with Crippen LogP contribution in [-0.2, 0) is 17.8 Å². The summed E-state index contributed by atoms with van der Waals surface area (Å²) in [6.45, 7) is 2.95. The molecule has 110 valence electrons. The highest BCUT2D eigenvalue weighted by atomic mass is 16.1. The van der Waals surface area contributed by atoms with Gasteiger partial charge in [0, 0.05) is 13.1 Å². The average Bonchev–Trinajstić information content (AvgIpc) is 2.51. The summed E-state index contributed by atoms with van der Waals surface area (Å²) in [5.74, 6) is -0.167. The first-order chi connectivity index (χ1) is 10.2. The van der Waals surface area contributed by atoms with Crippen LogP contribution in [0, 0.1) is 12.8 Å². The normalized spacial score (nSPS) is 11.9. The van der Waals surface area contributed by atoms with Crippen LogP contribution in [0.5, 0.6) is 0 Å². The molecule has 2 aromatic rings. The SMILES string of the molecule is Cc1cccc(CNC(=O)C(CN)Cc2ccccc2)c1. The Hall–Kier alpha value is -2.13. The van der Waals surface area contributed by atoms with Crippen molar-refractivity contribution in [2.24, 2.45) is 11.7 Å². The highest BCUT2D eigenvalue weighted by Gasteiger charge is 2.16. The van der Waals surface area contributed by atoms with Crippen molar-refractivity contribution in [1.82, 2.24) is 5.32 Å². The molecule has 0 heterocycles. The van der Waals surface area contributed by atoms with E-state index >= 15 is 0 Å². The van der Waals surface area contributed by atoms with E-state index in [0.29, 0.717) is 19.5 Å². The quantitative estimate of drug-likeness (QED) is 0.855. The van der Waals surface area contributed by atoms with Crippen LogP contribution in [0.2, 0.25) is 0 Å². The minimum Gasteiger partial charge on any atom is -0.352 e. The number of amides is 1. The van der Waals surface area contributed by atoms with E-state index in [1.165, 1.54) is 5.56 Å². The Morgan fingerprint density at radius 2 is 1.81 bits per heavy atom. The highest BCUT2D eigenvalue weighted by Crippen LogP contribution is 2.09. The summed E-state index contributed by atoms with van der Waals surface area (Å²) >= 11 is 0. The molecule has 0 aliphatic rings. The molecule has 1 unspecified atom stereocenters. The number of benzene rings is 2. The van der Waals surface area contributed by atoms with Gasteiger partial charge in [0.2, 0.25) is 5.91 Å². The van der Waals surface area contributed by atoms with Gasteiger partial charge in [-0.05, 0) is 24.5 Å². The Morgan fingerprint density at radius 1 is 1.10 bits per heavy atom. The van der Waals surface area contributed by atoms with E-state index in [2.05, 4.69) is 11.4 Å². The van der Waals surface area contributed by atoms with Crippen molar-refractivity contribution < 1.29 is 4.79 Å². The standard InChI is InChI=1S/C18H22N2O/c1-14-6-5-9-16(10-14)13-20-18(21)17(12-19)11-15-7-3-2-4-8-15/h2-10,17H,11-13,19H2,1H3,(H,20,21). The Bertz CT molecular complexity index is 581. The highest BCUT2D eigenvalue weighted by molar-refractivity contribution is 5.79. The zero-order valence-corrected chi connectivity index (χ0v) is 12.4. The van der Waals surface area contributed by atoms with Gasteiger partial charge in [-0.3, -0.25) is 4.79 Å². The lowest BCUT2D eigenvalue weighted by Crippen LogP contribution is -2.35. The van der Waals surface area contributed by atoms with E-state index in [0.717, 1.165) is 11.1 Å². The van der Waals surface area contributed by atoms with Crippen molar-refractivity contribution in [3.8, 4) is 0 Å². The summed E-state index contributed by atoms with van der Waals surface area (Å²) in [4.78, 5) is 12.2. The second kappa shape index (κ2) is 7.60. The van der Waals surface area contributed by atoms with Gasteiger partial charge in [-0.25, -0.2) is 0 Å². The zero-order chi connectivity index (χ0) is 15.1. The van der Waals surface area contributed by atoms with E-state index in [1.807, 2.05) is 55.5 Å². The van der Waals surface area contributed by atoms with Crippen LogP contribution < -0.4 is 11.1 Å². The molecule has 2 rings (SSSR count). The van der Waals surface area contributed by atoms with Crippen LogP contribution in [0.1, 0.15) is 16.7 Å². The minimum atomic E-state index is -0.183. The van der Waals surface area contributed by atoms with Gasteiger partial charge in [0.05, 0.1) is 5.92 Å². The average molecular weight is 282 g/mol. The van der Waals surface area contributed by atoms with E-state index in [4.69, 9.17) is 5.73 Å². The molecule has 0 aromatic heterocycles. The maximum Gasteiger partial charge on any atom is 0.224 e. The molecule has 3 heteroatoms. The zero-order valence-electron chi connectivity index (χ0n) is 12.4. The van der Waals surface area contributed by atoms with Crippen LogP contribution in [0.4, 0.5) is 0 Å². The van der Waals surface area contributed by atoms with Crippen LogP contribution in [0.3, 0.4) is 0 Å². The maximum absolute atomic E-state index is 12.2. The molecule has 0 fully saturated rings. The molecule has 2 aromatic carbocycles. The van der Waals surface area contributed by atoms with Gasteiger partial charge in [-0.2, -0.15) is 0 Å². The van der Waals surface area contributed by atoms with Gasteiger partial charge in [0.1, 0.15) is 0 Å². The molecule has 1 amide bonds. The third-order valence-corrected chi connectivity index (χ3v) is 3.53. The lowest BCUT2D eigenvalue weighted by atomic mass is 9.98. The van der Waals surface area contributed by atoms with E-state index in [1.54, 1.807) is 0 Å². The van der Waals surface area contributed by atoms with E-state index in [-0.39, 0.29) is 11.8 Å². The maximum atomic E-state index is 12.2. The minimum absolute atomic E-state index is 0.0165. The number of hydrogen-bond donors (Lipinski definition) is 2. The van der Waals surface area contributed by atoms with Crippen LogP contribution >= 0.6 is 0 Å². The summed E-state index contributed by atoms with van der Waals surface area (Å²) in [5, 5.41) is 2.98. The monoisotopic (exact) mass is 282 g/mol. The summed E-state index contributed by atoms with van der Waals surface area (Å²) in [6.07, 6.45) is 0.678. The predicted octanol–water partition coefficient (Wildman–Crippen LogP) is 2.43. The molecular weight excluding hydrogens is 260 g/mol. The first kappa shape index (κ1) is 15.3. The van der Waals surface area contributed by atoms with Gasteiger partial charge in [0.25, 0.3) is 0 Å². The summed E-state index contributed by atoms with van der Waals surface area (Å²) in [7, 11) is 0. The van der Waals surface area contributed by atoms with Crippen LogP contribution in [0.25, 0.3) is 0 Å². The molecule has 0 aliphatic carbocycles. The van der Waals surface area contributed by atoms with Crippen molar-refractivity contribution in [1.29, 1.82) is 0 Å². The summed E-state index contributed by atoms with van der Waals surface area (Å²) in [6, 6.07) is 18.1. The Balaban J connectivity index is 1.91. The largest absolute Gasteiger partial charge is 0.352 e. The molecule has 21 heavy (non-hydrogen) atoms. The lowest BCUT2D eigenvalue weighted by Gasteiger charge is -2.15. The van der Waals surface area contributed by atoms with Gasteiger partial charge < -0.3 is 11.1 Å². The molecule has 0 aliphatic heterocycles. The third-order valence-electron chi connectivity index (χ3n) is 3.53. The number of aryl methyl sites for hydroxylation is 1. The number of carbonyl (C=O) groups excluding carboxylic acids is 1. The molecule has 3 nitrogen and oxygen atoms in total. The number of nitrogens with two attached hydrogens (primary N) is 1. The molecule has 0 saturated heterocycles. The third kappa shape index (κ3) is 4.72. The van der Waals surface area contributed by atoms with E-state index < -0.39 is 0 Å². The lowest BCUT2D eigenvalue weighted by molar-refractivity contribution is -0.124. The molecule has 1 atom stereocenters. The molecule has 0 spiro atoms. The van der Waals surface area contributed by atoms with Crippen LogP contribution in [0.15, 0.2) is 54.6 Å². The van der Waals surface area contributed by atoms with Crippen molar-refractivity contribution in [2.45, 2.75) is 19.9 Å². The van der Waals surface area contributed by atoms with Crippen molar-refractivity contribution >= 4 is 5.91 Å². The molecular formula is C18H22N2O. The molecule has 3 N–H and O–H groups in total. The fraction of sp³-hybridized carbons (Fsp3) is 0.278. The van der Waals surface area contributed by atoms with E-state index in [9.17, 15) is 4.79 Å².